The number of rotatable bonds is 7. The van der Waals surface area contributed by atoms with Gasteiger partial charge in [-0.25, -0.2) is 0 Å². The van der Waals surface area contributed by atoms with Crippen LogP contribution in [-0.4, -0.2) is 50.1 Å². The molecule has 1 aliphatic heterocycles. The highest BCUT2D eigenvalue weighted by Crippen LogP contribution is 2.25. The molecule has 4 aromatic rings. The van der Waals surface area contributed by atoms with Gasteiger partial charge in [0.15, 0.2) is 5.69 Å². The van der Waals surface area contributed by atoms with Crippen LogP contribution >= 0.6 is 0 Å². The van der Waals surface area contributed by atoms with Crippen molar-refractivity contribution in [3.63, 3.8) is 0 Å². The van der Waals surface area contributed by atoms with Crippen molar-refractivity contribution >= 4 is 11.8 Å². The molecule has 0 radical (unpaired) electrons. The average Bonchev–Trinajstić information content (AvgIpc) is 3.30. The summed E-state index contributed by atoms with van der Waals surface area (Å²) in [5.74, 6) is 0.378. The van der Waals surface area contributed by atoms with Gasteiger partial charge in [-0.1, -0.05) is 18.2 Å². The number of nitrogens with one attached hydrogen (secondary N) is 1. The number of benzene rings is 1. The Morgan fingerprint density at radius 1 is 1.03 bits per heavy atom. The lowest BCUT2D eigenvalue weighted by Crippen LogP contribution is -2.37. The standard InChI is InChI=1S/C28H28N6O3/c1-19-23(7-5-14-29-19)28(36)33-15-12-25-24(18-33)26(32-34(25)17-21-6-3-4-13-30-21)27(35)31-16-20-8-10-22(37-2)11-9-20/h3-11,13-14H,12,15-18H2,1-2H3,(H,31,35). The van der Waals surface area contributed by atoms with Crippen LogP contribution in [0.2, 0.25) is 0 Å². The Morgan fingerprint density at radius 3 is 2.57 bits per heavy atom. The van der Waals surface area contributed by atoms with E-state index in [9.17, 15) is 9.59 Å². The maximum Gasteiger partial charge on any atom is 0.272 e. The highest BCUT2D eigenvalue weighted by Gasteiger charge is 2.31. The molecule has 0 fully saturated rings. The van der Waals surface area contributed by atoms with Gasteiger partial charge in [-0.2, -0.15) is 5.10 Å². The molecule has 0 bridgehead atoms. The number of carbonyl (C=O) groups excluding carboxylic acids is 2. The fraction of sp³-hybridized carbons (Fsp3) is 0.250. The van der Waals surface area contributed by atoms with Crippen LogP contribution in [0.25, 0.3) is 0 Å². The molecule has 4 heterocycles. The second-order valence-electron chi connectivity index (χ2n) is 8.90. The molecule has 0 unspecified atom stereocenters. The van der Waals surface area contributed by atoms with E-state index in [4.69, 9.17) is 9.84 Å². The highest BCUT2D eigenvalue weighted by molar-refractivity contribution is 5.96. The van der Waals surface area contributed by atoms with Gasteiger partial charge in [0.25, 0.3) is 11.8 Å². The van der Waals surface area contributed by atoms with Crippen molar-refractivity contribution in [2.24, 2.45) is 0 Å². The number of amides is 2. The quantitative estimate of drug-likeness (QED) is 0.422. The van der Waals surface area contributed by atoms with Gasteiger partial charge in [-0.05, 0) is 48.9 Å². The van der Waals surface area contributed by atoms with Gasteiger partial charge in [0.1, 0.15) is 5.75 Å². The molecule has 0 spiro atoms. The predicted molar refractivity (Wildman–Crippen MR) is 137 cm³/mol. The van der Waals surface area contributed by atoms with Crippen LogP contribution in [0, 0.1) is 6.92 Å². The minimum atomic E-state index is -0.279. The summed E-state index contributed by atoms with van der Waals surface area (Å²) in [6.45, 7) is 3.45. The maximum atomic E-state index is 13.3. The van der Waals surface area contributed by atoms with E-state index in [1.807, 2.05) is 54.1 Å². The minimum absolute atomic E-state index is 0.0988. The normalized spacial score (nSPS) is 12.6. The zero-order valence-corrected chi connectivity index (χ0v) is 20.8. The number of aryl methyl sites for hydroxylation is 1. The van der Waals surface area contributed by atoms with E-state index < -0.39 is 0 Å². The highest BCUT2D eigenvalue weighted by atomic mass is 16.5. The van der Waals surface area contributed by atoms with E-state index in [1.165, 1.54) is 0 Å². The largest absolute Gasteiger partial charge is 0.497 e. The SMILES string of the molecule is COc1ccc(CNC(=O)c2nn(Cc3ccccn3)c3c2CN(C(=O)c2cccnc2C)CC3)cc1. The molecule has 3 aromatic heterocycles. The Labute approximate surface area is 215 Å². The molecule has 1 aliphatic rings. The van der Waals surface area contributed by atoms with Gasteiger partial charge in [0.2, 0.25) is 0 Å². The van der Waals surface area contributed by atoms with E-state index in [0.717, 1.165) is 28.3 Å². The summed E-state index contributed by atoms with van der Waals surface area (Å²) in [4.78, 5) is 37.1. The molecule has 0 aliphatic carbocycles. The Bertz CT molecular complexity index is 1420. The molecule has 0 saturated heterocycles. The lowest BCUT2D eigenvalue weighted by Gasteiger charge is -2.28. The van der Waals surface area contributed by atoms with Crippen molar-refractivity contribution in [3.05, 3.63) is 106 Å². The Morgan fingerprint density at radius 2 is 1.84 bits per heavy atom. The van der Waals surface area contributed by atoms with Crippen molar-refractivity contribution in [1.82, 2.24) is 30.0 Å². The second kappa shape index (κ2) is 10.6. The van der Waals surface area contributed by atoms with Crippen molar-refractivity contribution in [1.29, 1.82) is 0 Å². The summed E-state index contributed by atoms with van der Waals surface area (Å²) in [5, 5.41) is 7.69. The maximum absolute atomic E-state index is 13.3. The molecule has 2 amide bonds. The number of hydrogen-bond acceptors (Lipinski definition) is 6. The summed E-state index contributed by atoms with van der Waals surface area (Å²) < 4.78 is 7.05. The summed E-state index contributed by atoms with van der Waals surface area (Å²) in [6.07, 6.45) is 4.00. The first kappa shape index (κ1) is 24.2. The number of aromatic nitrogens is 4. The van der Waals surface area contributed by atoms with Crippen molar-refractivity contribution in [2.75, 3.05) is 13.7 Å². The lowest BCUT2D eigenvalue weighted by molar-refractivity contribution is 0.0729. The van der Waals surface area contributed by atoms with E-state index in [1.54, 1.807) is 36.5 Å². The molecule has 9 nitrogen and oxygen atoms in total. The van der Waals surface area contributed by atoms with Gasteiger partial charge in [0, 0.05) is 48.9 Å². The van der Waals surface area contributed by atoms with Crippen molar-refractivity contribution in [2.45, 2.75) is 33.0 Å². The summed E-state index contributed by atoms with van der Waals surface area (Å²) >= 11 is 0. The van der Waals surface area contributed by atoms with E-state index in [0.29, 0.717) is 49.6 Å². The molecule has 9 heteroatoms. The molecule has 37 heavy (non-hydrogen) atoms. The van der Waals surface area contributed by atoms with E-state index >= 15 is 0 Å². The minimum Gasteiger partial charge on any atom is -0.497 e. The fourth-order valence-corrected chi connectivity index (χ4v) is 4.51. The number of ether oxygens (including phenoxy) is 1. The number of methoxy groups -OCH3 is 1. The molecule has 1 N–H and O–H groups in total. The zero-order chi connectivity index (χ0) is 25.8. The van der Waals surface area contributed by atoms with Crippen LogP contribution in [0.1, 0.15) is 49.1 Å². The summed E-state index contributed by atoms with van der Waals surface area (Å²) in [6, 6.07) is 16.8. The third-order valence-corrected chi connectivity index (χ3v) is 6.52. The lowest BCUT2D eigenvalue weighted by atomic mass is 10.0. The molecule has 1 aromatic carbocycles. The third kappa shape index (κ3) is 5.20. The Hall–Kier alpha value is -4.53. The van der Waals surface area contributed by atoms with Gasteiger partial charge in [-0.3, -0.25) is 24.2 Å². The first-order valence-corrected chi connectivity index (χ1v) is 12.1. The van der Waals surface area contributed by atoms with Crippen LogP contribution in [-0.2, 0) is 26.1 Å². The first-order chi connectivity index (χ1) is 18.0. The monoisotopic (exact) mass is 496 g/mol. The average molecular weight is 497 g/mol. The number of fused-ring (bicyclic) bond motifs is 1. The van der Waals surface area contributed by atoms with Crippen LogP contribution in [0.3, 0.4) is 0 Å². The zero-order valence-electron chi connectivity index (χ0n) is 20.8. The third-order valence-electron chi connectivity index (χ3n) is 6.52. The topological polar surface area (TPSA) is 102 Å². The number of pyridine rings is 2. The van der Waals surface area contributed by atoms with Crippen LogP contribution in [0.5, 0.6) is 5.75 Å². The first-order valence-electron chi connectivity index (χ1n) is 12.1. The van der Waals surface area contributed by atoms with E-state index in [2.05, 4.69) is 15.3 Å². The summed E-state index contributed by atoms with van der Waals surface area (Å²) in [7, 11) is 1.62. The van der Waals surface area contributed by atoms with Crippen molar-refractivity contribution in [3.8, 4) is 5.75 Å². The molecular formula is C28H28N6O3. The number of carbonyl (C=O) groups is 2. The predicted octanol–water partition coefficient (Wildman–Crippen LogP) is 3.17. The molecule has 0 saturated carbocycles. The van der Waals surface area contributed by atoms with Crippen molar-refractivity contribution < 1.29 is 14.3 Å². The van der Waals surface area contributed by atoms with Crippen LogP contribution < -0.4 is 10.1 Å². The van der Waals surface area contributed by atoms with Gasteiger partial charge in [-0.15, -0.1) is 0 Å². The van der Waals surface area contributed by atoms with Crippen LogP contribution in [0.15, 0.2) is 67.0 Å². The Balaban J connectivity index is 1.41. The van der Waals surface area contributed by atoms with Gasteiger partial charge >= 0.3 is 0 Å². The Kier molecular flexibility index (Phi) is 6.93. The molecule has 5 rings (SSSR count). The second-order valence-corrected chi connectivity index (χ2v) is 8.90. The smallest absolute Gasteiger partial charge is 0.272 e. The molecular weight excluding hydrogens is 468 g/mol. The fourth-order valence-electron chi connectivity index (χ4n) is 4.51. The summed E-state index contributed by atoms with van der Waals surface area (Å²) in [5.41, 5.74) is 5.09. The number of nitrogens with zero attached hydrogens (tertiary/aromatic N) is 5. The molecule has 0 atom stereocenters. The van der Waals surface area contributed by atoms with Gasteiger partial charge in [0.05, 0.1) is 31.5 Å². The molecule has 188 valence electrons. The number of hydrogen-bond donors (Lipinski definition) is 1. The van der Waals surface area contributed by atoms with E-state index in [-0.39, 0.29) is 11.8 Å². The van der Waals surface area contributed by atoms with Crippen LogP contribution in [0.4, 0.5) is 0 Å². The van der Waals surface area contributed by atoms with Gasteiger partial charge < -0.3 is 15.0 Å².